The van der Waals surface area contributed by atoms with Crippen molar-refractivity contribution in [3.8, 4) is 0 Å². The van der Waals surface area contributed by atoms with Gasteiger partial charge in [-0.2, -0.15) is 0 Å². The molecule has 5 rings (SSSR count). The second kappa shape index (κ2) is 9.89. The summed E-state index contributed by atoms with van der Waals surface area (Å²) in [6.45, 7) is 7.70. The van der Waals surface area contributed by atoms with E-state index in [2.05, 4.69) is 55.0 Å². The summed E-state index contributed by atoms with van der Waals surface area (Å²) in [7, 11) is 0. The summed E-state index contributed by atoms with van der Waals surface area (Å²) in [6, 6.07) is 6.06. The molecule has 0 saturated carbocycles. The van der Waals surface area contributed by atoms with Crippen LogP contribution in [0.15, 0.2) is 30.6 Å². The fourth-order valence-electron chi connectivity index (χ4n) is 4.24. The lowest BCUT2D eigenvalue weighted by Gasteiger charge is -2.19. The average molecular weight is 451 g/mol. The molecule has 0 atom stereocenters. The van der Waals surface area contributed by atoms with Crippen molar-refractivity contribution in [1.82, 2.24) is 35.5 Å². The zero-order valence-corrected chi connectivity index (χ0v) is 19.4. The number of hydrogen-bond acceptors (Lipinski definition) is 9. The van der Waals surface area contributed by atoms with Crippen molar-refractivity contribution >= 4 is 38.9 Å². The van der Waals surface area contributed by atoms with E-state index in [4.69, 9.17) is 4.98 Å². The van der Waals surface area contributed by atoms with Crippen molar-refractivity contribution in [2.45, 2.75) is 39.0 Å². The Morgan fingerprint density at radius 2 is 2.03 bits per heavy atom. The molecule has 3 aromatic heterocycles. The van der Waals surface area contributed by atoms with Gasteiger partial charge in [-0.3, -0.25) is 4.98 Å². The van der Waals surface area contributed by atoms with Crippen LogP contribution < -0.4 is 10.7 Å². The van der Waals surface area contributed by atoms with Gasteiger partial charge in [0.1, 0.15) is 10.8 Å². The summed E-state index contributed by atoms with van der Waals surface area (Å²) in [5.74, 6) is 0.762. The van der Waals surface area contributed by atoms with Crippen LogP contribution in [0.3, 0.4) is 0 Å². The van der Waals surface area contributed by atoms with E-state index in [9.17, 15) is 0 Å². The predicted octanol–water partition coefficient (Wildman–Crippen LogP) is 3.82. The second-order valence-electron chi connectivity index (χ2n) is 8.42. The molecule has 8 nitrogen and oxygen atoms in total. The van der Waals surface area contributed by atoms with E-state index in [-0.39, 0.29) is 0 Å². The van der Waals surface area contributed by atoms with Gasteiger partial charge >= 0.3 is 0 Å². The van der Waals surface area contributed by atoms with Crippen LogP contribution in [0.1, 0.15) is 43.2 Å². The van der Waals surface area contributed by atoms with E-state index < -0.39 is 0 Å². The smallest absolute Gasteiger partial charge is 0.211 e. The van der Waals surface area contributed by atoms with Crippen LogP contribution in [0, 0.1) is 0 Å². The number of nitrogens with one attached hydrogen (secondary N) is 2. The number of hydrogen-bond donors (Lipinski definition) is 2. The molecule has 0 amide bonds. The molecule has 0 radical (unpaired) electrons. The normalized spacial score (nSPS) is 16.8. The third kappa shape index (κ3) is 5.06. The van der Waals surface area contributed by atoms with Crippen LogP contribution in [0.4, 0.5) is 10.9 Å². The highest BCUT2D eigenvalue weighted by atomic mass is 32.1. The van der Waals surface area contributed by atoms with Crippen molar-refractivity contribution in [3.63, 3.8) is 0 Å². The van der Waals surface area contributed by atoms with Crippen LogP contribution in [-0.4, -0.2) is 62.8 Å². The maximum absolute atomic E-state index is 4.77. The molecule has 0 spiro atoms. The number of aryl methyl sites for hydroxylation is 1. The number of fused-ring (bicyclic) bond motifs is 1. The summed E-state index contributed by atoms with van der Waals surface area (Å²) in [5.41, 5.74) is 7.60. The standard InChI is InChI=1S/C23H30N8S/c1-2-6-22-28-29-23(32-22)27-21-8-7-19-20(26-21)13-17(14-24-19)18-15-25-31(16-18)12-5-11-30-9-3-4-10-30/h7-8,13-14,16,25H,2-6,9-12,15H2,1H3,(H,26,27,29). The molecular weight excluding hydrogens is 420 g/mol. The number of rotatable bonds is 9. The van der Waals surface area contributed by atoms with Gasteiger partial charge in [0.25, 0.3) is 0 Å². The van der Waals surface area contributed by atoms with E-state index in [1.54, 1.807) is 11.3 Å². The quantitative estimate of drug-likeness (QED) is 0.509. The lowest BCUT2D eigenvalue weighted by Crippen LogP contribution is -2.32. The molecule has 3 aromatic rings. The third-order valence-corrected chi connectivity index (χ3v) is 6.83. The first-order chi connectivity index (χ1) is 15.8. The van der Waals surface area contributed by atoms with Crippen molar-refractivity contribution in [2.75, 3.05) is 38.0 Å². The van der Waals surface area contributed by atoms with Gasteiger partial charge in [0.2, 0.25) is 5.13 Å². The Hall–Kier alpha value is -2.62. The first-order valence-electron chi connectivity index (χ1n) is 11.6. The van der Waals surface area contributed by atoms with E-state index in [1.807, 2.05) is 18.3 Å². The SMILES string of the molecule is CCCc1nnc(Nc2ccc3ncc(C4=CN(CCCN5CCCC5)NC4)cc3n2)s1. The molecule has 9 heteroatoms. The van der Waals surface area contributed by atoms with Crippen LogP contribution in [-0.2, 0) is 6.42 Å². The minimum Gasteiger partial charge on any atom is -0.315 e. The zero-order valence-electron chi connectivity index (χ0n) is 18.5. The summed E-state index contributed by atoms with van der Waals surface area (Å²) < 4.78 is 0. The highest BCUT2D eigenvalue weighted by Gasteiger charge is 2.16. The van der Waals surface area contributed by atoms with Gasteiger partial charge in [0.15, 0.2) is 0 Å². The Kier molecular flexibility index (Phi) is 6.56. The maximum atomic E-state index is 4.77. The molecule has 2 N–H and O–H groups in total. The van der Waals surface area contributed by atoms with Crippen molar-refractivity contribution < 1.29 is 0 Å². The van der Waals surface area contributed by atoms with Crippen LogP contribution >= 0.6 is 11.3 Å². The average Bonchev–Trinajstić information content (AvgIpc) is 3.57. The number of anilines is 2. The number of likely N-dealkylation sites (tertiary alicyclic amines) is 1. The molecular formula is C23H30N8S. The summed E-state index contributed by atoms with van der Waals surface area (Å²) in [4.78, 5) is 12.0. The monoisotopic (exact) mass is 450 g/mol. The molecule has 2 aliphatic heterocycles. The highest BCUT2D eigenvalue weighted by Crippen LogP contribution is 2.24. The number of hydrazine groups is 1. The van der Waals surface area contributed by atoms with Gasteiger partial charge in [0, 0.05) is 37.5 Å². The number of aromatic nitrogens is 4. The minimum atomic E-state index is 0.762. The Bertz CT molecular complexity index is 1090. The van der Waals surface area contributed by atoms with E-state index in [0.29, 0.717) is 0 Å². The molecule has 1 saturated heterocycles. The Labute approximate surface area is 192 Å². The van der Waals surface area contributed by atoms with Gasteiger partial charge in [0.05, 0.1) is 11.0 Å². The zero-order chi connectivity index (χ0) is 21.8. The molecule has 2 aliphatic rings. The second-order valence-corrected chi connectivity index (χ2v) is 9.48. The molecule has 0 bridgehead atoms. The molecule has 1 fully saturated rings. The van der Waals surface area contributed by atoms with Gasteiger partial charge in [-0.15, -0.1) is 10.2 Å². The van der Waals surface area contributed by atoms with Crippen molar-refractivity contribution in [1.29, 1.82) is 0 Å². The van der Waals surface area contributed by atoms with Crippen LogP contribution in [0.2, 0.25) is 0 Å². The van der Waals surface area contributed by atoms with Crippen molar-refractivity contribution in [3.05, 3.63) is 41.2 Å². The lowest BCUT2D eigenvalue weighted by atomic mass is 10.1. The fourth-order valence-corrected chi connectivity index (χ4v) is 5.09. The van der Waals surface area contributed by atoms with Gasteiger partial charge < -0.3 is 15.2 Å². The summed E-state index contributed by atoms with van der Waals surface area (Å²) in [5, 5.41) is 15.8. The molecule has 32 heavy (non-hydrogen) atoms. The molecule has 0 aromatic carbocycles. The highest BCUT2D eigenvalue weighted by molar-refractivity contribution is 7.15. The molecule has 168 valence electrons. The largest absolute Gasteiger partial charge is 0.315 e. The van der Waals surface area contributed by atoms with Crippen LogP contribution in [0.5, 0.6) is 0 Å². The predicted molar refractivity (Wildman–Crippen MR) is 130 cm³/mol. The van der Waals surface area contributed by atoms with Crippen LogP contribution in [0.25, 0.3) is 16.6 Å². The molecule has 0 unspecified atom stereocenters. The Morgan fingerprint density at radius 3 is 2.91 bits per heavy atom. The number of nitrogens with zero attached hydrogens (tertiary/aromatic N) is 6. The summed E-state index contributed by atoms with van der Waals surface area (Å²) in [6.07, 6.45) is 10.1. The summed E-state index contributed by atoms with van der Waals surface area (Å²) >= 11 is 1.58. The van der Waals surface area contributed by atoms with E-state index in [1.165, 1.54) is 44.5 Å². The third-order valence-electron chi connectivity index (χ3n) is 5.93. The first kappa shape index (κ1) is 21.2. The number of pyridine rings is 2. The molecule has 5 heterocycles. The first-order valence-corrected chi connectivity index (χ1v) is 12.4. The van der Waals surface area contributed by atoms with Gasteiger partial charge in [-0.1, -0.05) is 18.3 Å². The van der Waals surface area contributed by atoms with Crippen molar-refractivity contribution in [2.24, 2.45) is 0 Å². The minimum absolute atomic E-state index is 0.762. The topological polar surface area (TPSA) is 82.1 Å². The Balaban J connectivity index is 1.25. The lowest BCUT2D eigenvalue weighted by molar-refractivity contribution is 0.265. The van der Waals surface area contributed by atoms with E-state index in [0.717, 1.165) is 58.5 Å². The van der Waals surface area contributed by atoms with Gasteiger partial charge in [-0.05, 0) is 69.1 Å². The molecule has 0 aliphatic carbocycles. The fraction of sp³-hybridized carbons (Fsp3) is 0.478. The maximum Gasteiger partial charge on any atom is 0.211 e. The van der Waals surface area contributed by atoms with Gasteiger partial charge in [-0.25, -0.2) is 10.4 Å². The Morgan fingerprint density at radius 1 is 1.12 bits per heavy atom. The van der Waals surface area contributed by atoms with E-state index >= 15 is 0 Å².